The summed E-state index contributed by atoms with van der Waals surface area (Å²) in [7, 11) is -3.56. The highest BCUT2D eigenvalue weighted by Crippen LogP contribution is 2.43. The van der Waals surface area contributed by atoms with Crippen LogP contribution in [0.2, 0.25) is 0 Å². The lowest BCUT2D eigenvalue weighted by Crippen LogP contribution is -2.45. The molecule has 1 saturated heterocycles. The maximum atomic E-state index is 12.9. The Kier molecular flexibility index (Phi) is 5.82. The highest BCUT2D eigenvalue weighted by Gasteiger charge is 2.39. The summed E-state index contributed by atoms with van der Waals surface area (Å²) in [5.74, 6) is -0.252. The fourth-order valence-corrected chi connectivity index (χ4v) is 6.19. The van der Waals surface area contributed by atoms with E-state index in [1.165, 1.54) is 15.9 Å². The molecule has 0 radical (unpaired) electrons. The van der Waals surface area contributed by atoms with Crippen LogP contribution in [0.4, 0.5) is 0 Å². The van der Waals surface area contributed by atoms with Crippen molar-refractivity contribution in [3.8, 4) is 0 Å². The van der Waals surface area contributed by atoms with Gasteiger partial charge in [-0.15, -0.1) is 0 Å². The average molecular weight is 477 g/mol. The summed E-state index contributed by atoms with van der Waals surface area (Å²) < 4.78 is 27.8. The smallest absolute Gasteiger partial charge is 0.252 e. The van der Waals surface area contributed by atoms with Crippen LogP contribution < -0.4 is 5.32 Å². The average Bonchev–Trinajstić information content (AvgIpc) is 3.24. The Bertz CT molecular complexity index is 998. The molecule has 29 heavy (non-hydrogen) atoms. The number of hydrogen-bond donors (Lipinski definition) is 1. The van der Waals surface area contributed by atoms with E-state index >= 15 is 0 Å². The van der Waals surface area contributed by atoms with Crippen molar-refractivity contribution in [2.24, 2.45) is 0 Å². The van der Waals surface area contributed by atoms with Gasteiger partial charge in [0.15, 0.2) is 0 Å². The summed E-state index contributed by atoms with van der Waals surface area (Å²) in [6, 6.07) is 15.0. The van der Waals surface area contributed by atoms with E-state index in [2.05, 4.69) is 33.4 Å². The van der Waals surface area contributed by atoms with E-state index in [4.69, 9.17) is 0 Å². The normalized spacial score (nSPS) is 18.9. The molecule has 1 N–H and O–H groups in total. The molecule has 2 aliphatic rings. The van der Waals surface area contributed by atoms with Gasteiger partial charge in [-0.2, -0.15) is 4.31 Å². The first kappa shape index (κ1) is 20.6. The zero-order valence-corrected chi connectivity index (χ0v) is 18.6. The van der Waals surface area contributed by atoms with Crippen molar-refractivity contribution in [2.75, 3.05) is 19.6 Å². The molecular weight excluding hydrogens is 452 g/mol. The van der Waals surface area contributed by atoms with Crippen LogP contribution in [-0.4, -0.2) is 38.3 Å². The second-order valence-corrected chi connectivity index (χ2v) is 10.7. The topological polar surface area (TPSA) is 66.5 Å². The molecule has 0 bridgehead atoms. The van der Waals surface area contributed by atoms with Crippen LogP contribution in [0.25, 0.3) is 0 Å². The highest BCUT2D eigenvalue weighted by molar-refractivity contribution is 9.10. The van der Waals surface area contributed by atoms with Crippen molar-refractivity contribution in [1.82, 2.24) is 9.62 Å². The summed E-state index contributed by atoms with van der Waals surface area (Å²) in [6.45, 7) is 1.63. The number of amides is 1. The predicted molar refractivity (Wildman–Crippen MR) is 116 cm³/mol. The number of carbonyl (C=O) groups excluding carboxylic acids is 1. The number of nitrogens with zero attached hydrogens (tertiary/aromatic N) is 1. The zero-order chi connectivity index (χ0) is 20.5. The predicted octanol–water partition coefficient (Wildman–Crippen LogP) is 4.09. The summed E-state index contributed by atoms with van der Waals surface area (Å²) >= 11 is 3.41. The maximum absolute atomic E-state index is 12.9. The molecular formula is C22H25BrN2O3S. The van der Waals surface area contributed by atoms with Gasteiger partial charge in [-0.05, 0) is 65.4 Å². The second-order valence-electron chi connectivity index (χ2n) is 7.94. The molecule has 154 valence electrons. The SMILES string of the molecule is O=C(NCC1(c2ccccc2)CCC1)c1cc(S(=O)(=O)N2CCCC2)ccc1Br. The number of sulfonamides is 1. The van der Waals surface area contributed by atoms with Gasteiger partial charge in [0.2, 0.25) is 10.0 Å². The number of carbonyl (C=O) groups is 1. The Hall–Kier alpha value is -1.70. The molecule has 0 atom stereocenters. The molecule has 1 heterocycles. The van der Waals surface area contributed by atoms with Crippen molar-refractivity contribution >= 4 is 31.9 Å². The largest absolute Gasteiger partial charge is 0.351 e. The molecule has 1 saturated carbocycles. The molecule has 1 amide bonds. The Morgan fingerprint density at radius 3 is 2.34 bits per heavy atom. The van der Waals surface area contributed by atoms with Crippen molar-refractivity contribution < 1.29 is 13.2 Å². The quantitative estimate of drug-likeness (QED) is 0.682. The minimum absolute atomic E-state index is 0.0252. The van der Waals surface area contributed by atoms with Crippen LogP contribution in [0.15, 0.2) is 57.9 Å². The van der Waals surface area contributed by atoms with Gasteiger partial charge < -0.3 is 5.32 Å². The van der Waals surface area contributed by atoms with Gasteiger partial charge in [-0.1, -0.05) is 36.8 Å². The minimum atomic E-state index is -3.56. The molecule has 2 aromatic rings. The molecule has 7 heteroatoms. The van der Waals surface area contributed by atoms with Crippen molar-refractivity contribution in [1.29, 1.82) is 0 Å². The van der Waals surface area contributed by atoms with Gasteiger partial charge in [0.1, 0.15) is 0 Å². The summed E-state index contributed by atoms with van der Waals surface area (Å²) in [5.41, 5.74) is 1.58. The molecule has 1 aliphatic carbocycles. The van der Waals surface area contributed by atoms with Gasteiger partial charge in [0.05, 0.1) is 10.5 Å². The molecule has 5 nitrogen and oxygen atoms in total. The Balaban J connectivity index is 1.53. The van der Waals surface area contributed by atoms with E-state index in [9.17, 15) is 13.2 Å². The van der Waals surface area contributed by atoms with Crippen LogP contribution in [-0.2, 0) is 15.4 Å². The minimum Gasteiger partial charge on any atom is -0.351 e. The van der Waals surface area contributed by atoms with Crippen molar-refractivity contribution in [3.05, 3.63) is 64.1 Å². The first-order valence-corrected chi connectivity index (χ1v) is 12.3. The number of nitrogens with one attached hydrogen (secondary N) is 1. The second kappa shape index (κ2) is 8.20. The molecule has 2 fully saturated rings. The molecule has 0 unspecified atom stereocenters. The number of halogens is 1. The molecule has 2 aromatic carbocycles. The standard InChI is InChI=1S/C22H25BrN2O3S/c23-20-10-9-18(29(27,28)25-13-4-5-14-25)15-19(20)21(26)24-16-22(11-6-12-22)17-7-2-1-3-8-17/h1-3,7-10,15H,4-6,11-14,16H2,(H,24,26). The van der Waals surface area contributed by atoms with Crippen LogP contribution in [0.3, 0.4) is 0 Å². The summed E-state index contributed by atoms with van der Waals surface area (Å²) in [4.78, 5) is 13.1. The van der Waals surface area contributed by atoms with Gasteiger partial charge in [0.25, 0.3) is 5.91 Å². The van der Waals surface area contributed by atoms with Crippen LogP contribution in [0.1, 0.15) is 48.0 Å². The van der Waals surface area contributed by atoms with E-state index in [0.717, 1.165) is 32.1 Å². The lowest BCUT2D eigenvalue weighted by Gasteiger charge is -2.42. The number of hydrogen-bond acceptors (Lipinski definition) is 3. The van der Waals surface area contributed by atoms with Gasteiger partial charge >= 0.3 is 0 Å². The van der Waals surface area contributed by atoms with Gasteiger partial charge in [-0.3, -0.25) is 4.79 Å². The fourth-order valence-electron chi connectivity index (χ4n) is 4.22. The summed E-state index contributed by atoms with van der Waals surface area (Å²) in [6.07, 6.45) is 5.00. The van der Waals surface area contributed by atoms with E-state index in [1.807, 2.05) is 18.2 Å². The van der Waals surface area contributed by atoms with Crippen LogP contribution in [0, 0.1) is 0 Å². The third-order valence-corrected chi connectivity index (χ3v) is 8.76. The monoisotopic (exact) mass is 476 g/mol. The molecule has 1 aliphatic heterocycles. The molecule has 0 spiro atoms. The van der Waals surface area contributed by atoms with Crippen molar-refractivity contribution in [3.63, 3.8) is 0 Å². The Morgan fingerprint density at radius 2 is 1.72 bits per heavy atom. The number of benzene rings is 2. The van der Waals surface area contributed by atoms with E-state index in [-0.39, 0.29) is 16.2 Å². The van der Waals surface area contributed by atoms with E-state index in [1.54, 1.807) is 12.1 Å². The van der Waals surface area contributed by atoms with Crippen molar-refractivity contribution in [2.45, 2.75) is 42.4 Å². The molecule has 4 rings (SSSR count). The highest BCUT2D eigenvalue weighted by atomic mass is 79.9. The lowest BCUT2D eigenvalue weighted by molar-refractivity contribution is 0.0927. The first-order valence-electron chi connectivity index (χ1n) is 10.1. The van der Waals surface area contributed by atoms with E-state index < -0.39 is 10.0 Å². The Morgan fingerprint density at radius 1 is 1.03 bits per heavy atom. The fraction of sp³-hybridized carbons (Fsp3) is 0.409. The maximum Gasteiger partial charge on any atom is 0.252 e. The van der Waals surface area contributed by atoms with Gasteiger partial charge in [-0.25, -0.2) is 8.42 Å². The molecule has 0 aromatic heterocycles. The van der Waals surface area contributed by atoms with Crippen LogP contribution >= 0.6 is 15.9 Å². The Labute approximate surface area is 180 Å². The first-order chi connectivity index (χ1) is 13.9. The van der Waals surface area contributed by atoms with Crippen LogP contribution in [0.5, 0.6) is 0 Å². The third-order valence-electron chi connectivity index (χ3n) is 6.17. The lowest BCUT2D eigenvalue weighted by atomic mass is 9.64. The zero-order valence-electron chi connectivity index (χ0n) is 16.2. The van der Waals surface area contributed by atoms with E-state index in [0.29, 0.717) is 29.7 Å². The third kappa shape index (κ3) is 4.00. The number of rotatable bonds is 6. The summed E-state index contributed by atoms with van der Waals surface area (Å²) in [5, 5.41) is 3.05. The van der Waals surface area contributed by atoms with Gasteiger partial charge in [0, 0.05) is 29.5 Å².